The van der Waals surface area contributed by atoms with Crippen LogP contribution in [0.15, 0.2) is 30.6 Å². The fraction of sp³-hybridized carbons (Fsp3) is 0.480. The minimum atomic E-state index is -2.60. The molecular weight excluding hydrogens is 431 g/mol. The molecule has 1 saturated heterocycles. The number of benzene rings is 1. The Balaban J connectivity index is 1.52. The summed E-state index contributed by atoms with van der Waals surface area (Å²) in [5.41, 5.74) is 3.43. The lowest BCUT2D eigenvalue weighted by Crippen LogP contribution is -2.53. The molecule has 176 valence electrons. The first-order valence-corrected chi connectivity index (χ1v) is 11.2. The summed E-state index contributed by atoms with van der Waals surface area (Å²) in [4.78, 5) is 9.65. The molecule has 0 unspecified atom stereocenters. The second-order valence-electron chi connectivity index (χ2n) is 9.55. The highest BCUT2D eigenvalue weighted by atomic mass is 19.3. The number of aromatic nitrogens is 2. The van der Waals surface area contributed by atoms with E-state index in [-0.39, 0.29) is 24.8 Å². The van der Waals surface area contributed by atoms with E-state index in [2.05, 4.69) is 14.9 Å². The number of halogens is 3. The summed E-state index contributed by atoms with van der Waals surface area (Å²) in [6.07, 6.45) is 4.53. The van der Waals surface area contributed by atoms with E-state index in [1.165, 1.54) is 13.2 Å². The minimum Gasteiger partial charge on any atom is -0.496 e. The first-order valence-electron chi connectivity index (χ1n) is 11.2. The summed E-state index contributed by atoms with van der Waals surface area (Å²) >= 11 is 0. The van der Waals surface area contributed by atoms with E-state index in [4.69, 9.17) is 9.47 Å². The van der Waals surface area contributed by atoms with Crippen LogP contribution in [0.3, 0.4) is 0 Å². The highest BCUT2D eigenvalue weighted by molar-refractivity contribution is 5.88. The van der Waals surface area contributed by atoms with Crippen molar-refractivity contribution in [2.24, 2.45) is 5.41 Å². The molecule has 2 fully saturated rings. The van der Waals surface area contributed by atoms with Gasteiger partial charge in [0.2, 0.25) is 11.8 Å². The number of likely N-dealkylation sites (tertiary alicyclic amines) is 1. The van der Waals surface area contributed by atoms with Gasteiger partial charge in [-0.3, -0.25) is 4.90 Å². The van der Waals surface area contributed by atoms with Crippen LogP contribution in [0, 0.1) is 18.2 Å². The number of nitrogens with zero attached hydrogens (tertiary/aromatic N) is 2. The zero-order valence-corrected chi connectivity index (χ0v) is 19.1. The van der Waals surface area contributed by atoms with Gasteiger partial charge in [-0.25, -0.2) is 18.2 Å². The molecule has 1 N–H and O–H groups in total. The lowest BCUT2D eigenvalue weighted by molar-refractivity contribution is -0.186. The van der Waals surface area contributed by atoms with E-state index in [1.54, 1.807) is 13.3 Å². The van der Waals surface area contributed by atoms with Gasteiger partial charge in [0.25, 0.3) is 0 Å². The monoisotopic (exact) mass is 459 g/mol. The van der Waals surface area contributed by atoms with Gasteiger partial charge in [0.15, 0.2) is 5.82 Å². The fourth-order valence-electron chi connectivity index (χ4n) is 5.82. The molecule has 1 aliphatic carbocycles. The van der Waals surface area contributed by atoms with Crippen molar-refractivity contribution in [1.82, 2.24) is 14.9 Å². The van der Waals surface area contributed by atoms with E-state index in [0.717, 1.165) is 27.8 Å². The molecular formula is C25H28F3N3O2. The number of H-pyrrole nitrogens is 1. The highest BCUT2D eigenvalue weighted by Gasteiger charge is 2.58. The number of piperidine rings is 1. The zero-order valence-electron chi connectivity index (χ0n) is 19.1. The van der Waals surface area contributed by atoms with Crippen molar-refractivity contribution in [3.05, 3.63) is 53.1 Å². The Labute approximate surface area is 190 Å². The van der Waals surface area contributed by atoms with Crippen molar-refractivity contribution >= 4 is 10.9 Å². The standard InChI is InChI=1S/C25H28F3N3O2/c1-15-8-21(32-2)18(17-4-6-29-22(15)17)12-31-7-5-24(13-25(27,28)14-24)10-20(31)16-9-19(26)23(33-3)30-11-16/h4,6,8-9,11,20,29H,5,7,10,12-14H2,1-3H3/t20-/m1/s1. The molecule has 1 atom stereocenters. The van der Waals surface area contributed by atoms with Crippen molar-refractivity contribution in [3.8, 4) is 11.6 Å². The van der Waals surface area contributed by atoms with Gasteiger partial charge in [-0.15, -0.1) is 0 Å². The van der Waals surface area contributed by atoms with Crippen LogP contribution < -0.4 is 9.47 Å². The molecule has 5 nitrogen and oxygen atoms in total. The zero-order chi connectivity index (χ0) is 23.4. The van der Waals surface area contributed by atoms with Crippen molar-refractivity contribution in [3.63, 3.8) is 0 Å². The maximum Gasteiger partial charge on any atom is 0.250 e. The number of nitrogens with one attached hydrogen (secondary N) is 1. The van der Waals surface area contributed by atoms with Crippen LogP contribution in [0.2, 0.25) is 0 Å². The SMILES string of the molecule is COc1cc(C)c2[nH]ccc2c1CN1CCC2(C[C@@H]1c1cnc(OC)c(F)c1)CC(F)(F)C2. The summed E-state index contributed by atoms with van der Waals surface area (Å²) in [6.45, 7) is 3.22. The third-order valence-electron chi connectivity index (χ3n) is 7.36. The average Bonchev–Trinajstić information content (AvgIpc) is 3.26. The summed E-state index contributed by atoms with van der Waals surface area (Å²) < 4.78 is 52.9. The number of pyridine rings is 1. The van der Waals surface area contributed by atoms with E-state index in [9.17, 15) is 13.2 Å². The van der Waals surface area contributed by atoms with Gasteiger partial charge in [0.05, 0.1) is 14.2 Å². The van der Waals surface area contributed by atoms with Gasteiger partial charge < -0.3 is 14.5 Å². The van der Waals surface area contributed by atoms with Gasteiger partial charge >= 0.3 is 0 Å². The van der Waals surface area contributed by atoms with Crippen molar-refractivity contribution in [2.75, 3.05) is 20.8 Å². The Morgan fingerprint density at radius 1 is 1.21 bits per heavy atom. The van der Waals surface area contributed by atoms with Gasteiger partial charge in [-0.2, -0.15) is 0 Å². The number of fused-ring (bicyclic) bond motifs is 1. The third-order valence-corrected chi connectivity index (χ3v) is 7.36. The summed E-state index contributed by atoms with van der Waals surface area (Å²) in [6, 6.07) is 5.23. The van der Waals surface area contributed by atoms with Crippen molar-refractivity contribution in [1.29, 1.82) is 0 Å². The van der Waals surface area contributed by atoms with Crippen LogP contribution in [0.25, 0.3) is 10.9 Å². The van der Waals surface area contributed by atoms with Gasteiger partial charge in [0.1, 0.15) is 5.75 Å². The molecule has 0 amide bonds. The number of aryl methyl sites for hydroxylation is 1. The second-order valence-corrected chi connectivity index (χ2v) is 9.55. The molecule has 1 aromatic carbocycles. The van der Waals surface area contributed by atoms with Crippen LogP contribution in [-0.4, -0.2) is 41.6 Å². The summed E-state index contributed by atoms with van der Waals surface area (Å²) in [7, 11) is 3.02. The van der Waals surface area contributed by atoms with Crippen LogP contribution >= 0.6 is 0 Å². The number of hydrogen-bond donors (Lipinski definition) is 1. The molecule has 3 aromatic rings. The minimum absolute atomic E-state index is 0.0692. The number of alkyl halides is 2. The molecule has 1 spiro atoms. The lowest BCUT2D eigenvalue weighted by Gasteiger charge is -2.54. The first kappa shape index (κ1) is 22.1. The largest absolute Gasteiger partial charge is 0.496 e. The molecule has 5 rings (SSSR count). The molecule has 8 heteroatoms. The lowest BCUT2D eigenvalue weighted by atomic mass is 9.59. The van der Waals surface area contributed by atoms with Gasteiger partial charge in [0, 0.05) is 54.3 Å². The quantitative estimate of drug-likeness (QED) is 0.526. The average molecular weight is 460 g/mol. The maximum absolute atomic E-state index is 14.6. The highest BCUT2D eigenvalue weighted by Crippen LogP contribution is 2.60. The summed E-state index contributed by atoms with van der Waals surface area (Å²) in [5, 5.41) is 1.07. The normalized spacial score (nSPS) is 21.8. The molecule has 33 heavy (non-hydrogen) atoms. The maximum atomic E-state index is 14.6. The Bertz CT molecular complexity index is 1190. The number of hydrogen-bond acceptors (Lipinski definition) is 4. The predicted molar refractivity (Wildman–Crippen MR) is 119 cm³/mol. The molecule has 0 radical (unpaired) electrons. The van der Waals surface area contributed by atoms with Crippen LogP contribution in [-0.2, 0) is 6.54 Å². The second kappa shape index (κ2) is 7.94. The molecule has 3 heterocycles. The van der Waals surface area contributed by atoms with Gasteiger partial charge in [-0.1, -0.05) is 0 Å². The van der Waals surface area contributed by atoms with Crippen molar-refractivity contribution in [2.45, 2.75) is 51.1 Å². The van der Waals surface area contributed by atoms with E-state index in [0.29, 0.717) is 31.5 Å². The molecule has 0 bridgehead atoms. The molecule has 1 saturated carbocycles. The fourth-order valence-corrected chi connectivity index (χ4v) is 5.82. The van der Waals surface area contributed by atoms with Crippen LogP contribution in [0.4, 0.5) is 13.2 Å². The Hall–Kier alpha value is -2.74. The predicted octanol–water partition coefficient (Wildman–Crippen LogP) is 5.78. The van der Waals surface area contributed by atoms with Crippen LogP contribution in [0.5, 0.6) is 11.6 Å². The molecule has 2 aliphatic rings. The van der Waals surface area contributed by atoms with E-state index >= 15 is 0 Å². The number of methoxy groups -OCH3 is 2. The van der Waals surface area contributed by atoms with Gasteiger partial charge in [-0.05, 0) is 61.1 Å². The summed E-state index contributed by atoms with van der Waals surface area (Å²) in [5.74, 6) is -2.43. The van der Waals surface area contributed by atoms with Crippen molar-refractivity contribution < 1.29 is 22.6 Å². The number of rotatable bonds is 5. The molecule has 2 aromatic heterocycles. The number of ether oxygens (including phenoxy) is 2. The molecule has 1 aliphatic heterocycles. The third kappa shape index (κ3) is 3.84. The Kier molecular flexibility index (Phi) is 5.31. The topological polar surface area (TPSA) is 50.4 Å². The Morgan fingerprint density at radius 2 is 2.00 bits per heavy atom. The first-order chi connectivity index (χ1) is 15.7. The Morgan fingerprint density at radius 3 is 2.67 bits per heavy atom. The smallest absolute Gasteiger partial charge is 0.250 e. The number of aromatic amines is 1. The van der Waals surface area contributed by atoms with E-state index in [1.807, 2.05) is 25.3 Å². The van der Waals surface area contributed by atoms with E-state index < -0.39 is 17.2 Å². The van der Waals surface area contributed by atoms with Crippen LogP contribution in [0.1, 0.15) is 48.4 Å².